The van der Waals surface area contributed by atoms with Crippen molar-refractivity contribution < 1.29 is 4.79 Å². The van der Waals surface area contributed by atoms with E-state index in [0.717, 1.165) is 18.7 Å². The van der Waals surface area contributed by atoms with Gasteiger partial charge in [0.25, 0.3) is 0 Å². The van der Waals surface area contributed by atoms with E-state index in [-0.39, 0.29) is 11.3 Å². The van der Waals surface area contributed by atoms with Crippen LogP contribution >= 0.6 is 0 Å². The molecule has 0 aliphatic rings. The lowest BCUT2D eigenvalue weighted by molar-refractivity contribution is -0.131. The van der Waals surface area contributed by atoms with Crippen LogP contribution in [0.1, 0.15) is 38.9 Å². The van der Waals surface area contributed by atoms with E-state index in [1.54, 1.807) is 11.1 Å². The largest absolute Gasteiger partial charge is 0.338 e. The number of imidazole rings is 1. The smallest absolute Gasteiger partial charge is 0.222 e. The molecule has 0 radical (unpaired) electrons. The van der Waals surface area contributed by atoms with Gasteiger partial charge >= 0.3 is 0 Å². The lowest BCUT2D eigenvalue weighted by Gasteiger charge is -2.25. The third-order valence-electron chi connectivity index (χ3n) is 3.56. The summed E-state index contributed by atoms with van der Waals surface area (Å²) in [5.74, 6) is 1.06. The second kappa shape index (κ2) is 6.70. The summed E-state index contributed by atoms with van der Waals surface area (Å²) in [5, 5.41) is 0. The number of amides is 1. The van der Waals surface area contributed by atoms with Crippen LogP contribution in [0, 0.1) is 5.41 Å². The quantitative estimate of drug-likeness (QED) is 0.814. The second-order valence-corrected chi connectivity index (χ2v) is 5.91. The fourth-order valence-corrected chi connectivity index (χ4v) is 2.00. The summed E-state index contributed by atoms with van der Waals surface area (Å²) in [6, 6.07) is 0. The van der Waals surface area contributed by atoms with Gasteiger partial charge in [-0.05, 0) is 24.8 Å². The molecule has 0 aliphatic heterocycles. The molecule has 2 N–H and O–H groups in total. The molecule has 1 aromatic rings. The number of nitrogens with zero attached hydrogens (tertiary/aromatic N) is 3. The Balaban J connectivity index is 2.43. The fourth-order valence-electron chi connectivity index (χ4n) is 2.00. The average Bonchev–Trinajstić information content (AvgIpc) is 2.72. The summed E-state index contributed by atoms with van der Waals surface area (Å²) in [6.45, 7) is 5.54. The highest BCUT2D eigenvalue weighted by molar-refractivity contribution is 5.75. The van der Waals surface area contributed by atoms with E-state index in [9.17, 15) is 4.79 Å². The van der Waals surface area contributed by atoms with Gasteiger partial charge in [-0.1, -0.05) is 13.8 Å². The molecule has 1 rings (SSSR count). The van der Waals surface area contributed by atoms with Gasteiger partial charge in [0.15, 0.2) is 0 Å². The van der Waals surface area contributed by atoms with Gasteiger partial charge in [-0.25, -0.2) is 4.98 Å². The van der Waals surface area contributed by atoms with Gasteiger partial charge in [-0.2, -0.15) is 0 Å². The van der Waals surface area contributed by atoms with E-state index in [0.29, 0.717) is 19.5 Å². The van der Waals surface area contributed by atoms with Crippen LogP contribution in [0.4, 0.5) is 0 Å². The number of aromatic nitrogens is 2. The van der Waals surface area contributed by atoms with E-state index >= 15 is 0 Å². The van der Waals surface area contributed by atoms with Crippen LogP contribution in [-0.4, -0.2) is 34.0 Å². The molecule has 0 atom stereocenters. The molecule has 0 bridgehead atoms. The third kappa shape index (κ3) is 5.03. The van der Waals surface area contributed by atoms with E-state index in [2.05, 4.69) is 18.8 Å². The van der Waals surface area contributed by atoms with Crippen molar-refractivity contribution in [2.45, 2.75) is 39.7 Å². The minimum absolute atomic E-state index is 0.133. The van der Waals surface area contributed by atoms with Crippen molar-refractivity contribution in [3.63, 3.8) is 0 Å². The van der Waals surface area contributed by atoms with E-state index in [4.69, 9.17) is 5.73 Å². The Kier molecular flexibility index (Phi) is 5.54. The van der Waals surface area contributed by atoms with Crippen LogP contribution in [0.15, 0.2) is 12.4 Å². The lowest BCUT2D eigenvalue weighted by atomic mass is 9.84. The molecule has 0 saturated carbocycles. The highest BCUT2D eigenvalue weighted by Gasteiger charge is 2.20. The number of nitrogens with two attached hydrogens (primary N) is 1. The first kappa shape index (κ1) is 15.7. The van der Waals surface area contributed by atoms with Crippen molar-refractivity contribution in [1.29, 1.82) is 0 Å². The number of aryl methyl sites for hydroxylation is 1. The minimum Gasteiger partial charge on any atom is -0.338 e. The van der Waals surface area contributed by atoms with Crippen LogP contribution in [0.25, 0.3) is 0 Å². The summed E-state index contributed by atoms with van der Waals surface area (Å²) < 4.78 is 1.93. The van der Waals surface area contributed by atoms with Crippen LogP contribution < -0.4 is 5.73 Å². The van der Waals surface area contributed by atoms with Crippen molar-refractivity contribution >= 4 is 5.91 Å². The molecule has 5 heteroatoms. The summed E-state index contributed by atoms with van der Waals surface area (Å²) in [5.41, 5.74) is 5.71. The van der Waals surface area contributed by atoms with Gasteiger partial charge in [-0.15, -0.1) is 0 Å². The van der Waals surface area contributed by atoms with Crippen molar-refractivity contribution in [1.82, 2.24) is 14.5 Å². The van der Waals surface area contributed by atoms with Crippen molar-refractivity contribution in [2.24, 2.45) is 18.2 Å². The van der Waals surface area contributed by atoms with Gasteiger partial charge in [0.2, 0.25) is 5.91 Å². The number of rotatable bonds is 7. The van der Waals surface area contributed by atoms with Gasteiger partial charge < -0.3 is 15.2 Å². The first-order chi connectivity index (χ1) is 8.85. The van der Waals surface area contributed by atoms with Gasteiger partial charge in [0.1, 0.15) is 5.82 Å². The maximum atomic E-state index is 12.1. The third-order valence-corrected chi connectivity index (χ3v) is 3.56. The molecule has 0 saturated heterocycles. The number of carbonyl (C=O) groups is 1. The molecule has 0 aliphatic carbocycles. The molecule has 0 aromatic carbocycles. The van der Waals surface area contributed by atoms with Gasteiger partial charge in [0.05, 0.1) is 6.54 Å². The minimum atomic E-state index is 0.133. The van der Waals surface area contributed by atoms with Crippen molar-refractivity contribution in [3.8, 4) is 0 Å². The standard InChI is InChI=1S/C14H26N4O/c1-14(2,7-8-15)6-5-13(19)18(4)11-12-16-9-10-17(12)3/h9-10H,5-8,11,15H2,1-4H3. The van der Waals surface area contributed by atoms with Gasteiger partial charge in [0, 0.05) is 32.9 Å². The zero-order chi connectivity index (χ0) is 14.5. The zero-order valence-corrected chi connectivity index (χ0v) is 12.5. The first-order valence-electron chi connectivity index (χ1n) is 6.76. The Morgan fingerprint density at radius 3 is 2.68 bits per heavy atom. The summed E-state index contributed by atoms with van der Waals surface area (Å²) in [6.07, 6.45) is 6.02. The Morgan fingerprint density at radius 1 is 1.47 bits per heavy atom. The fraction of sp³-hybridized carbons (Fsp3) is 0.714. The molecule has 5 nitrogen and oxygen atoms in total. The summed E-state index contributed by atoms with van der Waals surface area (Å²) in [4.78, 5) is 18.1. The molecule has 108 valence electrons. The molecule has 1 aromatic heterocycles. The Morgan fingerprint density at radius 2 is 2.16 bits per heavy atom. The number of hydrogen-bond donors (Lipinski definition) is 1. The van der Waals surface area contributed by atoms with Gasteiger partial charge in [-0.3, -0.25) is 4.79 Å². The van der Waals surface area contributed by atoms with Crippen LogP contribution in [0.3, 0.4) is 0 Å². The Labute approximate surface area is 115 Å². The van der Waals surface area contributed by atoms with Crippen LogP contribution in [0.5, 0.6) is 0 Å². The van der Waals surface area contributed by atoms with Crippen molar-refractivity contribution in [2.75, 3.05) is 13.6 Å². The zero-order valence-electron chi connectivity index (χ0n) is 12.5. The monoisotopic (exact) mass is 266 g/mol. The molecular formula is C14H26N4O. The topological polar surface area (TPSA) is 64.2 Å². The maximum Gasteiger partial charge on any atom is 0.222 e. The van der Waals surface area contributed by atoms with Crippen LogP contribution in [-0.2, 0) is 18.4 Å². The molecular weight excluding hydrogens is 240 g/mol. The molecule has 1 amide bonds. The lowest BCUT2D eigenvalue weighted by Crippen LogP contribution is -2.29. The van der Waals surface area contributed by atoms with E-state index in [1.807, 2.05) is 24.9 Å². The predicted octanol–water partition coefficient (Wildman–Crippen LogP) is 1.53. The SMILES string of the molecule is CN(Cc1nccn1C)C(=O)CCC(C)(C)CCN. The van der Waals surface area contributed by atoms with Crippen LogP contribution in [0.2, 0.25) is 0 Å². The number of hydrogen-bond acceptors (Lipinski definition) is 3. The second-order valence-electron chi connectivity index (χ2n) is 5.91. The molecule has 19 heavy (non-hydrogen) atoms. The molecule has 0 spiro atoms. The summed E-state index contributed by atoms with van der Waals surface area (Å²) in [7, 11) is 3.76. The highest BCUT2D eigenvalue weighted by atomic mass is 16.2. The Bertz CT molecular complexity index is 411. The first-order valence-corrected chi connectivity index (χ1v) is 6.76. The molecule has 0 unspecified atom stereocenters. The highest BCUT2D eigenvalue weighted by Crippen LogP contribution is 2.26. The molecule has 0 fully saturated rings. The van der Waals surface area contributed by atoms with E-state index < -0.39 is 0 Å². The normalized spacial score (nSPS) is 11.6. The maximum absolute atomic E-state index is 12.1. The predicted molar refractivity (Wildman–Crippen MR) is 76.4 cm³/mol. The van der Waals surface area contributed by atoms with Crippen molar-refractivity contribution in [3.05, 3.63) is 18.2 Å². The van der Waals surface area contributed by atoms with E-state index in [1.165, 1.54) is 0 Å². The molecule has 1 heterocycles. The average molecular weight is 266 g/mol. The number of carbonyl (C=O) groups excluding carboxylic acids is 1. The Hall–Kier alpha value is -1.36. The summed E-state index contributed by atoms with van der Waals surface area (Å²) >= 11 is 0.